The molecule has 0 N–H and O–H groups in total. The summed E-state index contributed by atoms with van der Waals surface area (Å²) in [6.07, 6.45) is 7.21. The lowest BCUT2D eigenvalue weighted by Crippen LogP contribution is -1.99. The van der Waals surface area contributed by atoms with E-state index in [-0.39, 0.29) is 5.78 Å². The highest BCUT2D eigenvalue weighted by atomic mass is 35.5. The molecule has 0 amide bonds. The molecule has 0 aliphatic heterocycles. The van der Waals surface area contributed by atoms with E-state index < -0.39 is 0 Å². The van der Waals surface area contributed by atoms with Crippen LogP contribution in [0.3, 0.4) is 0 Å². The fraction of sp³-hybridized carbons (Fsp3) is 0.0714. The molecular weight excluding hydrogens is 220 g/mol. The van der Waals surface area contributed by atoms with Crippen molar-refractivity contribution in [2.75, 3.05) is 0 Å². The Balaban J connectivity index is 2.78. The summed E-state index contributed by atoms with van der Waals surface area (Å²) in [5.74, 6) is -0.0857. The van der Waals surface area contributed by atoms with Crippen molar-refractivity contribution in [2.24, 2.45) is 0 Å². The Hall–Kier alpha value is -1.60. The number of carbonyl (C=O) groups is 1. The zero-order valence-electron chi connectivity index (χ0n) is 9.11. The topological polar surface area (TPSA) is 17.1 Å². The minimum Gasteiger partial charge on any atom is -0.289 e. The summed E-state index contributed by atoms with van der Waals surface area (Å²) in [5, 5.41) is 0.617. The summed E-state index contributed by atoms with van der Waals surface area (Å²) in [7, 11) is 0. The molecule has 1 aromatic carbocycles. The second-order valence-electron chi connectivity index (χ2n) is 3.25. The van der Waals surface area contributed by atoms with E-state index in [9.17, 15) is 4.79 Å². The zero-order chi connectivity index (χ0) is 12.0. The molecule has 0 atom stereocenters. The first-order valence-corrected chi connectivity index (χ1v) is 5.31. The zero-order valence-corrected chi connectivity index (χ0v) is 9.87. The van der Waals surface area contributed by atoms with Crippen molar-refractivity contribution < 1.29 is 4.79 Å². The van der Waals surface area contributed by atoms with Crippen LogP contribution in [0.1, 0.15) is 17.3 Å². The van der Waals surface area contributed by atoms with Gasteiger partial charge < -0.3 is 0 Å². The van der Waals surface area contributed by atoms with E-state index in [0.29, 0.717) is 16.2 Å². The van der Waals surface area contributed by atoms with Gasteiger partial charge in [-0.3, -0.25) is 4.79 Å². The molecule has 0 aliphatic carbocycles. The number of allylic oxidation sites excluding steroid dienone is 5. The lowest BCUT2D eigenvalue weighted by molar-refractivity contribution is 0.103. The number of hydrogen-bond acceptors (Lipinski definition) is 1. The first-order chi connectivity index (χ1) is 7.65. The lowest BCUT2D eigenvalue weighted by Gasteiger charge is -1.99. The van der Waals surface area contributed by atoms with Crippen LogP contribution < -0.4 is 0 Å². The van der Waals surface area contributed by atoms with Gasteiger partial charge >= 0.3 is 0 Å². The standard InChI is InChI=1S/C14H13ClO/c1-3-4-5-6-11(2)14(16)12-7-9-13(15)10-8-12/h3-10H,2H2,1H3/b4-3-,6-5-. The van der Waals surface area contributed by atoms with Crippen LogP contribution >= 0.6 is 11.6 Å². The maximum absolute atomic E-state index is 11.8. The molecule has 16 heavy (non-hydrogen) atoms. The Morgan fingerprint density at radius 3 is 2.44 bits per heavy atom. The van der Waals surface area contributed by atoms with Crippen LogP contribution in [-0.2, 0) is 0 Å². The van der Waals surface area contributed by atoms with Crippen LogP contribution in [0.25, 0.3) is 0 Å². The summed E-state index contributed by atoms with van der Waals surface area (Å²) < 4.78 is 0. The fourth-order valence-electron chi connectivity index (χ4n) is 1.15. The van der Waals surface area contributed by atoms with Crippen molar-refractivity contribution in [3.8, 4) is 0 Å². The predicted molar refractivity (Wildman–Crippen MR) is 68.9 cm³/mol. The Bertz CT molecular complexity index is 438. The van der Waals surface area contributed by atoms with Crippen molar-refractivity contribution in [3.63, 3.8) is 0 Å². The highest BCUT2D eigenvalue weighted by Crippen LogP contribution is 2.13. The molecule has 1 rings (SSSR count). The van der Waals surface area contributed by atoms with Crippen molar-refractivity contribution in [2.45, 2.75) is 6.92 Å². The SMILES string of the molecule is C=C(/C=C\C=C/C)C(=O)c1ccc(Cl)cc1. The minimum absolute atomic E-state index is 0.0857. The molecular formula is C14H13ClO. The van der Waals surface area contributed by atoms with E-state index in [1.807, 2.05) is 19.1 Å². The maximum Gasteiger partial charge on any atom is 0.192 e. The van der Waals surface area contributed by atoms with E-state index >= 15 is 0 Å². The normalized spacial score (nSPS) is 11.1. The molecule has 0 aliphatic rings. The molecule has 0 aromatic heterocycles. The average Bonchev–Trinajstić information content (AvgIpc) is 2.29. The van der Waals surface area contributed by atoms with Gasteiger partial charge in [-0.1, -0.05) is 42.5 Å². The Labute approximate surface area is 101 Å². The molecule has 1 aromatic rings. The molecule has 0 bridgehead atoms. The smallest absolute Gasteiger partial charge is 0.192 e. The highest BCUT2D eigenvalue weighted by molar-refractivity contribution is 6.30. The van der Waals surface area contributed by atoms with Gasteiger partial charge in [0.15, 0.2) is 5.78 Å². The third kappa shape index (κ3) is 3.52. The van der Waals surface area contributed by atoms with Crippen LogP contribution in [0.5, 0.6) is 0 Å². The third-order valence-corrected chi connectivity index (χ3v) is 2.25. The molecule has 1 nitrogen and oxygen atoms in total. The van der Waals surface area contributed by atoms with E-state index in [1.54, 1.807) is 36.4 Å². The van der Waals surface area contributed by atoms with Gasteiger partial charge in [0.1, 0.15) is 0 Å². The summed E-state index contributed by atoms with van der Waals surface area (Å²) in [6.45, 7) is 5.63. The van der Waals surface area contributed by atoms with Crippen molar-refractivity contribution in [3.05, 3.63) is 71.3 Å². The number of hydrogen-bond donors (Lipinski definition) is 0. The highest BCUT2D eigenvalue weighted by Gasteiger charge is 2.06. The average molecular weight is 233 g/mol. The Morgan fingerprint density at radius 2 is 1.88 bits per heavy atom. The molecule has 0 unspecified atom stereocenters. The largest absolute Gasteiger partial charge is 0.289 e. The van der Waals surface area contributed by atoms with Crippen molar-refractivity contribution in [1.29, 1.82) is 0 Å². The predicted octanol–water partition coefficient (Wildman–Crippen LogP) is 4.21. The minimum atomic E-state index is -0.0857. The van der Waals surface area contributed by atoms with Gasteiger partial charge in [0, 0.05) is 16.2 Å². The van der Waals surface area contributed by atoms with Gasteiger partial charge in [-0.2, -0.15) is 0 Å². The molecule has 0 radical (unpaired) electrons. The van der Waals surface area contributed by atoms with Gasteiger partial charge in [0.25, 0.3) is 0 Å². The number of ketones is 1. The maximum atomic E-state index is 11.8. The van der Waals surface area contributed by atoms with Crippen LogP contribution in [0.4, 0.5) is 0 Å². The molecule has 0 saturated heterocycles. The van der Waals surface area contributed by atoms with Crippen LogP contribution in [0.2, 0.25) is 5.02 Å². The Morgan fingerprint density at radius 1 is 1.25 bits per heavy atom. The van der Waals surface area contributed by atoms with Gasteiger partial charge in [0.05, 0.1) is 0 Å². The number of rotatable bonds is 4. The number of Topliss-reactive ketones (excluding diaryl/α,β-unsaturated/α-hetero) is 1. The monoisotopic (exact) mass is 232 g/mol. The van der Waals surface area contributed by atoms with E-state index in [2.05, 4.69) is 6.58 Å². The summed E-state index contributed by atoms with van der Waals surface area (Å²) in [4.78, 5) is 11.8. The van der Waals surface area contributed by atoms with E-state index in [1.165, 1.54) is 0 Å². The first-order valence-electron chi connectivity index (χ1n) is 4.93. The third-order valence-electron chi connectivity index (χ3n) is 2.00. The van der Waals surface area contributed by atoms with Gasteiger partial charge in [0.2, 0.25) is 0 Å². The van der Waals surface area contributed by atoms with Gasteiger partial charge in [-0.25, -0.2) is 0 Å². The number of halogens is 1. The summed E-state index contributed by atoms with van der Waals surface area (Å²) in [6, 6.07) is 6.77. The fourth-order valence-corrected chi connectivity index (χ4v) is 1.27. The van der Waals surface area contributed by atoms with Gasteiger partial charge in [-0.15, -0.1) is 0 Å². The van der Waals surface area contributed by atoms with Gasteiger partial charge in [-0.05, 0) is 31.2 Å². The quantitative estimate of drug-likeness (QED) is 0.432. The van der Waals surface area contributed by atoms with Crippen molar-refractivity contribution >= 4 is 17.4 Å². The number of carbonyl (C=O) groups excluding carboxylic acids is 1. The van der Waals surface area contributed by atoms with E-state index in [4.69, 9.17) is 11.6 Å². The van der Waals surface area contributed by atoms with Crippen LogP contribution in [0, 0.1) is 0 Å². The second-order valence-corrected chi connectivity index (χ2v) is 3.68. The molecule has 0 heterocycles. The molecule has 0 spiro atoms. The van der Waals surface area contributed by atoms with Crippen LogP contribution in [0.15, 0.2) is 60.7 Å². The molecule has 2 heteroatoms. The lowest BCUT2D eigenvalue weighted by atomic mass is 10.0. The molecule has 0 saturated carbocycles. The Kier molecular flexibility index (Phi) is 4.74. The first kappa shape index (κ1) is 12.5. The molecule has 82 valence electrons. The number of benzene rings is 1. The molecule has 0 fully saturated rings. The second kappa shape index (κ2) is 6.09. The van der Waals surface area contributed by atoms with E-state index in [0.717, 1.165) is 0 Å². The van der Waals surface area contributed by atoms with Crippen molar-refractivity contribution in [1.82, 2.24) is 0 Å². The summed E-state index contributed by atoms with van der Waals surface area (Å²) in [5.41, 5.74) is 1.06. The van der Waals surface area contributed by atoms with Crippen LogP contribution in [-0.4, -0.2) is 5.78 Å². The summed E-state index contributed by atoms with van der Waals surface area (Å²) >= 11 is 5.74.